The highest BCUT2D eigenvalue weighted by atomic mass is 16.2. The normalized spacial score (nSPS) is 13.4. The minimum absolute atomic E-state index is 0.0528. The van der Waals surface area contributed by atoms with Crippen LogP contribution >= 0.6 is 0 Å². The van der Waals surface area contributed by atoms with Crippen molar-refractivity contribution < 1.29 is 9.59 Å². The van der Waals surface area contributed by atoms with Gasteiger partial charge in [0.05, 0.1) is 6.42 Å². The van der Waals surface area contributed by atoms with Crippen LogP contribution in [0.1, 0.15) is 40.2 Å². The molecule has 1 saturated carbocycles. The number of anilines is 1. The van der Waals surface area contributed by atoms with Crippen molar-refractivity contribution in [1.82, 2.24) is 10.3 Å². The highest BCUT2D eigenvalue weighted by Crippen LogP contribution is 2.19. The van der Waals surface area contributed by atoms with Gasteiger partial charge in [0, 0.05) is 28.7 Å². The maximum atomic E-state index is 12.3. The average molecular weight is 323 g/mol. The molecule has 124 valence electrons. The maximum Gasteiger partial charge on any atom is 0.255 e. The van der Waals surface area contributed by atoms with E-state index in [1.165, 1.54) is 0 Å². The summed E-state index contributed by atoms with van der Waals surface area (Å²) in [6.07, 6.45) is 2.54. The third-order valence-electron chi connectivity index (χ3n) is 3.86. The first-order valence-corrected chi connectivity index (χ1v) is 8.14. The Balaban J connectivity index is 1.60. The van der Waals surface area contributed by atoms with Gasteiger partial charge in [-0.2, -0.15) is 0 Å². The largest absolute Gasteiger partial charge is 0.353 e. The Bertz CT molecular complexity index is 744. The summed E-state index contributed by atoms with van der Waals surface area (Å²) >= 11 is 0. The Hall–Kier alpha value is -2.69. The van der Waals surface area contributed by atoms with Crippen molar-refractivity contribution in [3.8, 4) is 0 Å². The molecule has 1 aromatic carbocycles. The molecule has 0 unspecified atom stereocenters. The lowest BCUT2D eigenvalue weighted by Crippen LogP contribution is -2.26. The van der Waals surface area contributed by atoms with Gasteiger partial charge in [-0.3, -0.25) is 14.6 Å². The Morgan fingerprint density at radius 3 is 2.29 bits per heavy atom. The molecule has 0 bridgehead atoms. The molecule has 2 N–H and O–H groups in total. The van der Waals surface area contributed by atoms with Crippen LogP contribution in [-0.4, -0.2) is 22.8 Å². The van der Waals surface area contributed by atoms with Gasteiger partial charge in [0.1, 0.15) is 0 Å². The van der Waals surface area contributed by atoms with Gasteiger partial charge in [-0.25, -0.2) is 0 Å². The zero-order valence-electron chi connectivity index (χ0n) is 13.9. The number of rotatable bonds is 5. The molecule has 0 aliphatic heterocycles. The highest BCUT2D eigenvalue weighted by molar-refractivity contribution is 6.04. The third kappa shape index (κ3) is 4.41. The van der Waals surface area contributed by atoms with Crippen LogP contribution in [0.4, 0.5) is 5.69 Å². The van der Waals surface area contributed by atoms with Crippen LogP contribution in [0, 0.1) is 13.8 Å². The molecular weight excluding hydrogens is 302 g/mol. The lowest BCUT2D eigenvalue weighted by atomic mass is 10.1. The third-order valence-corrected chi connectivity index (χ3v) is 3.86. The first-order valence-electron chi connectivity index (χ1n) is 8.14. The predicted molar refractivity (Wildman–Crippen MR) is 93.0 cm³/mol. The molecule has 2 amide bonds. The standard InChI is InChI=1S/C19H21N3O2/c1-12-9-15(10-13(2)20-12)19(24)22-17-5-3-14(4-6-17)11-18(23)21-16-7-8-16/h3-6,9-10,16H,7-8,11H2,1-2H3,(H,21,23)(H,22,24). The van der Waals surface area contributed by atoms with Crippen LogP contribution in [0.15, 0.2) is 36.4 Å². The molecule has 0 radical (unpaired) electrons. The molecule has 0 saturated heterocycles. The van der Waals surface area contributed by atoms with E-state index >= 15 is 0 Å². The van der Waals surface area contributed by atoms with Crippen LogP contribution in [-0.2, 0) is 11.2 Å². The van der Waals surface area contributed by atoms with Gasteiger partial charge in [0.15, 0.2) is 0 Å². The van der Waals surface area contributed by atoms with Gasteiger partial charge in [-0.15, -0.1) is 0 Å². The van der Waals surface area contributed by atoms with Crippen LogP contribution in [0.5, 0.6) is 0 Å². The summed E-state index contributed by atoms with van der Waals surface area (Å²) in [4.78, 5) is 28.4. The number of benzene rings is 1. The maximum absolute atomic E-state index is 12.3. The Labute approximate surface area is 141 Å². The molecule has 5 nitrogen and oxygen atoms in total. The molecular formula is C19H21N3O2. The number of nitrogens with zero attached hydrogens (tertiary/aromatic N) is 1. The molecule has 24 heavy (non-hydrogen) atoms. The fraction of sp³-hybridized carbons (Fsp3) is 0.316. The summed E-state index contributed by atoms with van der Waals surface area (Å²) in [5.41, 5.74) is 3.86. The molecule has 1 aromatic heterocycles. The number of carbonyl (C=O) groups is 2. The minimum atomic E-state index is -0.164. The first kappa shape index (κ1) is 16.2. The summed E-state index contributed by atoms with van der Waals surface area (Å²) in [7, 11) is 0. The minimum Gasteiger partial charge on any atom is -0.353 e. The van der Waals surface area contributed by atoms with E-state index in [-0.39, 0.29) is 11.8 Å². The van der Waals surface area contributed by atoms with Gasteiger partial charge >= 0.3 is 0 Å². The zero-order valence-corrected chi connectivity index (χ0v) is 13.9. The Morgan fingerprint density at radius 2 is 1.71 bits per heavy atom. The van der Waals surface area contributed by atoms with Crippen molar-refractivity contribution in [2.24, 2.45) is 0 Å². The van der Waals surface area contributed by atoms with E-state index in [0.29, 0.717) is 23.7 Å². The summed E-state index contributed by atoms with van der Waals surface area (Å²) < 4.78 is 0. The van der Waals surface area contributed by atoms with E-state index in [9.17, 15) is 9.59 Å². The number of pyridine rings is 1. The number of amides is 2. The number of carbonyl (C=O) groups excluding carboxylic acids is 2. The quantitative estimate of drug-likeness (QED) is 0.889. The number of hydrogen-bond acceptors (Lipinski definition) is 3. The summed E-state index contributed by atoms with van der Waals surface area (Å²) in [5.74, 6) is -0.111. The van der Waals surface area contributed by atoms with Gasteiger partial charge < -0.3 is 10.6 Å². The molecule has 5 heteroatoms. The zero-order chi connectivity index (χ0) is 17.1. The van der Waals surface area contributed by atoms with Crippen LogP contribution in [0.2, 0.25) is 0 Å². The molecule has 1 aliphatic carbocycles. The molecule has 2 aromatic rings. The van der Waals surface area contributed by atoms with Crippen molar-refractivity contribution in [3.63, 3.8) is 0 Å². The van der Waals surface area contributed by atoms with Crippen LogP contribution < -0.4 is 10.6 Å². The smallest absolute Gasteiger partial charge is 0.255 e. The Kier molecular flexibility index (Phi) is 4.60. The lowest BCUT2D eigenvalue weighted by Gasteiger charge is -2.08. The van der Waals surface area contributed by atoms with E-state index in [2.05, 4.69) is 15.6 Å². The van der Waals surface area contributed by atoms with Gasteiger partial charge in [0.2, 0.25) is 5.91 Å². The molecule has 1 heterocycles. The topological polar surface area (TPSA) is 71.1 Å². The summed E-state index contributed by atoms with van der Waals surface area (Å²) in [5, 5.41) is 5.83. The predicted octanol–water partition coefficient (Wildman–Crippen LogP) is 2.77. The second kappa shape index (κ2) is 6.83. The lowest BCUT2D eigenvalue weighted by molar-refractivity contribution is -0.120. The van der Waals surface area contributed by atoms with Crippen molar-refractivity contribution in [1.29, 1.82) is 0 Å². The monoisotopic (exact) mass is 323 g/mol. The van der Waals surface area contributed by atoms with Crippen molar-refractivity contribution >= 4 is 17.5 Å². The Morgan fingerprint density at radius 1 is 1.08 bits per heavy atom. The van der Waals surface area contributed by atoms with Gasteiger partial charge in [-0.05, 0) is 56.5 Å². The van der Waals surface area contributed by atoms with E-state index in [0.717, 1.165) is 29.8 Å². The fourth-order valence-corrected chi connectivity index (χ4v) is 2.57. The first-order chi connectivity index (χ1) is 11.5. The number of nitrogens with one attached hydrogen (secondary N) is 2. The number of aromatic nitrogens is 1. The molecule has 0 spiro atoms. The molecule has 1 fully saturated rings. The molecule has 1 aliphatic rings. The number of hydrogen-bond donors (Lipinski definition) is 2. The van der Waals surface area contributed by atoms with Gasteiger partial charge in [0.25, 0.3) is 5.91 Å². The summed E-state index contributed by atoms with van der Waals surface area (Å²) in [6, 6.07) is 11.3. The fourth-order valence-electron chi connectivity index (χ4n) is 2.57. The molecule has 0 atom stereocenters. The van der Waals surface area contributed by atoms with Gasteiger partial charge in [-0.1, -0.05) is 12.1 Å². The van der Waals surface area contributed by atoms with E-state index in [1.54, 1.807) is 12.1 Å². The van der Waals surface area contributed by atoms with Crippen molar-refractivity contribution in [2.45, 2.75) is 39.2 Å². The van der Waals surface area contributed by atoms with E-state index in [1.807, 2.05) is 38.1 Å². The van der Waals surface area contributed by atoms with Crippen molar-refractivity contribution in [2.75, 3.05) is 5.32 Å². The highest BCUT2D eigenvalue weighted by Gasteiger charge is 2.23. The molecule has 3 rings (SSSR count). The van der Waals surface area contributed by atoms with Crippen LogP contribution in [0.25, 0.3) is 0 Å². The SMILES string of the molecule is Cc1cc(C(=O)Nc2ccc(CC(=O)NC3CC3)cc2)cc(C)n1. The average Bonchev–Trinajstić information content (AvgIpc) is 3.32. The second-order valence-electron chi connectivity index (χ2n) is 6.31. The number of aryl methyl sites for hydroxylation is 2. The van der Waals surface area contributed by atoms with E-state index < -0.39 is 0 Å². The summed E-state index contributed by atoms with van der Waals surface area (Å²) in [6.45, 7) is 3.73. The van der Waals surface area contributed by atoms with E-state index in [4.69, 9.17) is 0 Å². The van der Waals surface area contributed by atoms with Crippen molar-refractivity contribution in [3.05, 3.63) is 58.9 Å². The van der Waals surface area contributed by atoms with Crippen LogP contribution in [0.3, 0.4) is 0 Å². The second-order valence-corrected chi connectivity index (χ2v) is 6.31.